The van der Waals surface area contributed by atoms with Gasteiger partial charge in [-0.15, -0.1) is 11.6 Å². The highest BCUT2D eigenvalue weighted by Crippen LogP contribution is 2.40. The Bertz CT molecular complexity index is 264. The van der Waals surface area contributed by atoms with Crippen molar-refractivity contribution in [1.82, 2.24) is 0 Å². The zero-order chi connectivity index (χ0) is 13.2. The van der Waals surface area contributed by atoms with Crippen molar-refractivity contribution in [2.45, 2.75) is 89.2 Å². The monoisotopic (exact) mass is 272 g/mol. The number of hydrogen-bond acceptors (Lipinski definition) is 1. The third-order valence-corrected chi connectivity index (χ3v) is 5.39. The number of rotatable bonds is 4. The van der Waals surface area contributed by atoms with E-state index in [4.69, 9.17) is 16.3 Å². The van der Waals surface area contributed by atoms with Gasteiger partial charge < -0.3 is 4.74 Å². The van der Waals surface area contributed by atoms with Crippen LogP contribution in [0.15, 0.2) is 0 Å². The van der Waals surface area contributed by atoms with Crippen molar-refractivity contribution in [2.24, 2.45) is 11.8 Å². The van der Waals surface area contributed by atoms with E-state index in [1.807, 2.05) is 0 Å². The molecular weight excluding hydrogens is 244 g/mol. The molecule has 2 heteroatoms. The standard InChI is InChI=1S/C16H29ClO/c1-4-5-12-6-7-15(17)13(10-12)11-14-8-9-16(2,3)18-14/h12-15H,4-11H2,1-3H3. The molecule has 4 unspecified atom stereocenters. The Morgan fingerprint density at radius 1 is 1.22 bits per heavy atom. The summed E-state index contributed by atoms with van der Waals surface area (Å²) >= 11 is 6.54. The van der Waals surface area contributed by atoms with Crippen molar-refractivity contribution in [2.75, 3.05) is 0 Å². The molecule has 1 aliphatic heterocycles. The molecule has 1 saturated heterocycles. The van der Waals surface area contributed by atoms with E-state index in [1.54, 1.807) is 0 Å². The first-order valence-electron chi connectivity index (χ1n) is 7.82. The fourth-order valence-electron chi connectivity index (χ4n) is 3.82. The predicted molar refractivity (Wildman–Crippen MR) is 78.2 cm³/mol. The van der Waals surface area contributed by atoms with Crippen molar-refractivity contribution in [3.05, 3.63) is 0 Å². The molecular formula is C16H29ClO. The van der Waals surface area contributed by atoms with E-state index in [-0.39, 0.29) is 5.60 Å². The van der Waals surface area contributed by atoms with Gasteiger partial charge in [0.2, 0.25) is 0 Å². The van der Waals surface area contributed by atoms with Gasteiger partial charge >= 0.3 is 0 Å². The lowest BCUT2D eigenvalue weighted by Crippen LogP contribution is -2.29. The molecule has 0 aromatic carbocycles. The van der Waals surface area contributed by atoms with Crippen molar-refractivity contribution < 1.29 is 4.74 Å². The summed E-state index contributed by atoms with van der Waals surface area (Å²) in [6.07, 6.45) is 10.7. The lowest BCUT2D eigenvalue weighted by molar-refractivity contribution is -0.0276. The lowest BCUT2D eigenvalue weighted by Gasteiger charge is -2.34. The number of halogens is 1. The number of ether oxygens (including phenoxy) is 1. The maximum atomic E-state index is 6.54. The molecule has 1 saturated carbocycles. The highest BCUT2D eigenvalue weighted by molar-refractivity contribution is 6.20. The molecule has 0 N–H and O–H groups in total. The summed E-state index contributed by atoms with van der Waals surface area (Å²) in [4.78, 5) is 0. The first-order valence-corrected chi connectivity index (χ1v) is 8.25. The molecule has 1 heterocycles. The average molecular weight is 273 g/mol. The summed E-state index contributed by atoms with van der Waals surface area (Å²) in [5, 5.41) is 0.394. The summed E-state index contributed by atoms with van der Waals surface area (Å²) in [6.45, 7) is 6.72. The minimum atomic E-state index is 0.101. The fourth-order valence-corrected chi connectivity index (χ4v) is 4.15. The first kappa shape index (κ1) is 14.7. The highest BCUT2D eigenvalue weighted by atomic mass is 35.5. The van der Waals surface area contributed by atoms with Gasteiger partial charge in [0.05, 0.1) is 11.7 Å². The van der Waals surface area contributed by atoms with Gasteiger partial charge in [0.1, 0.15) is 0 Å². The van der Waals surface area contributed by atoms with Crippen molar-refractivity contribution in [3.63, 3.8) is 0 Å². The SMILES string of the molecule is CCCC1CCC(Cl)C(CC2CCC(C)(C)O2)C1. The van der Waals surface area contributed by atoms with Crippen molar-refractivity contribution >= 4 is 11.6 Å². The number of alkyl halides is 1. The largest absolute Gasteiger partial charge is 0.372 e. The van der Waals surface area contributed by atoms with Crippen LogP contribution in [-0.2, 0) is 4.74 Å². The van der Waals surface area contributed by atoms with E-state index in [0.29, 0.717) is 17.4 Å². The van der Waals surface area contributed by atoms with Crippen LogP contribution in [0, 0.1) is 11.8 Å². The maximum Gasteiger partial charge on any atom is 0.0631 e. The first-order chi connectivity index (χ1) is 8.50. The summed E-state index contributed by atoms with van der Waals surface area (Å²) in [5.74, 6) is 1.61. The molecule has 2 aliphatic rings. The van der Waals surface area contributed by atoms with Gasteiger partial charge in [0.25, 0.3) is 0 Å². The molecule has 0 aromatic rings. The third-order valence-electron chi connectivity index (χ3n) is 4.81. The molecule has 0 amide bonds. The van der Waals surface area contributed by atoms with Crippen LogP contribution >= 0.6 is 11.6 Å². The van der Waals surface area contributed by atoms with Gasteiger partial charge in [0.15, 0.2) is 0 Å². The van der Waals surface area contributed by atoms with E-state index >= 15 is 0 Å². The second-order valence-electron chi connectivity index (χ2n) is 7.02. The Labute approximate surface area is 118 Å². The van der Waals surface area contributed by atoms with Crippen LogP contribution in [0.3, 0.4) is 0 Å². The van der Waals surface area contributed by atoms with E-state index in [1.165, 1.54) is 51.4 Å². The van der Waals surface area contributed by atoms with Crippen LogP contribution in [0.1, 0.15) is 72.1 Å². The number of hydrogen-bond donors (Lipinski definition) is 0. The average Bonchev–Trinajstić information content (AvgIpc) is 2.63. The minimum Gasteiger partial charge on any atom is -0.372 e. The Hall–Kier alpha value is 0.250. The predicted octanol–water partition coefficient (Wildman–Crippen LogP) is 5.16. The molecule has 2 fully saturated rings. The van der Waals surface area contributed by atoms with Crippen LogP contribution in [0.5, 0.6) is 0 Å². The Morgan fingerprint density at radius 3 is 2.61 bits per heavy atom. The topological polar surface area (TPSA) is 9.23 Å². The molecule has 2 rings (SSSR count). The molecule has 0 bridgehead atoms. The molecule has 0 spiro atoms. The lowest BCUT2D eigenvalue weighted by atomic mass is 9.76. The molecule has 1 nitrogen and oxygen atoms in total. The van der Waals surface area contributed by atoms with Gasteiger partial charge in [-0.3, -0.25) is 0 Å². The molecule has 4 atom stereocenters. The Kier molecular flexibility index (Phi) is 4.99. The van der Waals surface area contributed by atoms with E-state index in [2.05, 4.69) is 20.8 Å². The van der Waals surface area contributed by atoms with Gasteiger partial charge in [-0.2, -0.15) is 0 Å². The van der Waals surface area contributed by atoms with Crippen LogP contribution < -0.4 is 0 Å². The van der Waals surface area contributed by atoms with E-state index in [0.717, 1.165) is 5.92 Å². The Morgan fingerprint density at radius 2 is 2.00 bits per heavy atom. The third kappa shape index (κ3) is 3.87. The van der Waals surface area contributed by atoms with Gasteiger partial charge in [-0.25, -0.2) is 0 Å². The fraction of sp³-hybridized carbons (Fsp3) is 1.00. The van der Waals surface area contributed by atoms with Gasteiger partial charge in [0, 0.05) is 5.38 Å². The van der Waals surface area contributed by atoms with Gasteiger partial charge in [-0.1, -0.05) is 19.8 Å². The quantitative estimate of drug-likeness (QED) is 0.643. The van der Waals surface area contributed by atoms with E-state index < -0.39 is 0 Å². The van der Waals surface area contributed by atoms with Crippen LogP contribution in [0.25, 0.3) is 0 Å². The minimum absolute atomic E-state index is 0.101. The normalized spacial score (nSPS) is 40.0. The molecule has 106 valence electrons. The Balaban J connectivity index is 1.83. The summed E-state index contributed by atoms with van der Waals surface area (Å²) in [5.41, 5.74) is 0.101. The summed E-state index contributed by atoms with van der Waals surface area (Å²) < 4.78 is 6.14. The second-order valence-corrected chi connectivity index (χ2v) is 7.58. The van der Waals surface area contributed by atoms with Crippen LogP contribution in [-0.4, -0.2) is 17.1 Å². The van der Waals surface area contributed by atoms with Crippen molar-refractivity contribution in [3.8, 4) is 0 Å². The van der Waals surface area contributed by atoms with Crippen LogP contribution in [0.4, 0.5) is 0 Å². The molecule has 1 aliphatic carbocycles. The van der Waals surface area contributed by atoms with Gasteiger partial charge in [-0.05, 0) is 64.2 Å². The maximum absolute atomic E-state index is 6.54. The zero-order valence-electron chi connectivity index (χ0n) is 12.3. The molecule has 0 aromatic heterocycles. The summed E-state index contributed by atoms with van der Waals surface area (Å²) in [7, 11) is 0. The van der Waals surface area contributed by atoms with E-state index in [9.17, 15) is 0 Å². The van der Waals surface area contributed by atoms with Crippen molar-refractivity contribution in [1.29, 1.82) is 0 Å². The highest BCUT2D eigenvalue weighted by Gasteiger charge is 2.36. The molecule has 0 radical (unpaired) electrons. The van der Waals surface area contributed by atoms with Crippen LogP contribution in [0.2, 0.25) is 0 Å². The zero-order valence-corrected chi connectivity index (χ0v) is 13.0. The second kappa shape index (κ2) is 6.13. The smallest absolute Gasteiger partial charge is 0.0631 e. The molecule has 18 heavy (non-hydrogen) atoms. The summed E-state index contributed by atoms with van der Waals surface area (Å²) in [6, 6.07) is 0.